The summed E-state index contributed by atoms with van der Waals surface area (Å²) in [6.45, 7) is 7.07. The molecule has 0 bridgehead atoms. The van der Waals surface area contributed by atoms with E-state index in [1.54, 1.807) is 4.90 Å². The van der Waals surface area contributed by atoms with E-state index in [0.717, 1.165) is 32.5 Å². The molecule has 1 atom stereocenters. The van der Waals surface area contributed by atoms with Crippen molar-refractivity contribution in [2.24, 2.45) is 5.92 Å². The summed E-state index contributed by atoms with van der Waals surface area (Å²) in [5.41, 5.74) is -0.842. The van der Waals surface area contributed by atoms with Crippen LogP contribution in [0, 0.1) is 17.2 Å². The van der Waals surface area contributed by atoms with Crippen LogP contribution in [0.15, 0.2) is 0 Å². The van der Waals surface area contributed by atoms with Crippen molar-refractivity contribution in [1.29, 1.82) is 5.26 Å². The molecule has 0 aromatic carbocycles. The molecule has 2 aliphatic heterocycles. The second kappa shape index (κ2) is 13.9. The number of hydrogen-bond donors (Lipinski definition) is 2. The van der Waals surface area contributed by atoms with Crippen molar-refractivity contribution in [3.05, 3.63) is 0 Å². The number of likely N-dealkylation sites (tertiary alicyclic amines) is 1. The zero-order valence-electron chi connectivity index (χ0n) is 21.2. The molecule has 2 N–H and O–H groups in total. The number of hydrogen-bond acceptors (Lipinski definition) is 5. The van der Waals surface area contributed by atoms with E-state index in [1.165, 1.54) is 44.9 Å². The number of nitrogens with zero attached hydrogens (tertiary/aromatic N) is 3. The number of amides is 3. The minimum Gasteiger partial charge on any atom is -0.378 e. The molecule has 3 amide bonds. The van der Waals surface area contributed by atoms with Crippen LogP contribution >= 0.6 is 0 Å². The normalized spacial score (nSPS) is 22.5. The van der Waals surface area contributed by atoms with Gasteiger partial charge in [-0.05, 0) is 38.1 Å². The quantitative estimate of drug-likeness (QED) is 0.472. The Morgan fingerprint density at radius 2 is 1.76 bits per heavy atom. The first kappa shape index (κ1) is 26.7. The van der Waals surface area contributed by atoms with Crippen LogP contribution in [0.4, 0.5) is 4.79 Å². The second-order valence-corrected chi connectivity index (χ2v) is 10.4. The number of unbranched alkanes of at least 4 members (excludes halogenated alkanes) is 3. The van der Waals surface area contributed by atoms with Gasteiger partial charge in [-0.15, -0.1) is 0 Å². The van der Waals surface area contributed by atoms with Gasteiger partial charge in [0.05, 0.1) is 19.3 Å². The minimum absolute atomic E-state index is 0.202. The van der Waals surface area contributed by atoms with Gasteiger partial charge in [0.25, 0.3) is 0 Å². The zero-order valence-corrected chi connectivity index (χ0v) is 21.2. The molecule has 0 spiro atoms. The smallest absolute Gasteiger partial charge is 0.318 e. The highest BCUT2D eigenvalue weighted by molar-refractivity contribution is 5.87. The summed E-state index contributed by atoms with van der Waals surface area (Å²) in [5.74, 6) is 0.239. The highest BCUT2D eigenvalue weighted by Gasteiger charge is 2.38. The standard InChI is InChI=1S/C26H45N5O3/c1-2-3-4-8-13-30-14-11-26(21-27,12-15-30)29-24(32)23(20-22-9-6-5-7-10-22)28-25(33)31-16-18-34-19-17-31/h22-23H,2-20H2,1H3,(H,28,33)(H,29,32). The van der Waals surface area contributed by atoms with Gasteiger partial charge >= 0.3 is 6.03 Å². The molecule has 0 radical (unpaired) electrons. The topological polar surface area (TPSA) is 97.7 Å². The van der Waals surface area contributed by atoms with E-state index in [1.807, 2.05) is 0 Å². The summed E-state index contributed by atoms with van der Waals surface area (Å²) >= 11 is 0. The summed E-state index contributed by atoms with van der Waals surface area (Å²) in [4.78, 5) is 30.5. The van der Waals surface area contributed by atoms with Crippen LogP contribution in [0.3, 0.4) is 0 Å². The van der Waals surface area contributed by atoms with Gasteiger partial charge in [0.2, 0.25) is 5.91 Å². The predicted molar refractivity (Wildman–Crippen MR) is 132 cm³/mol. The Bertz CT molecular complexity index is 674. The fourth-order valence-electron chi connectivity index (χ4n) is 5.50. The number of nitriles is 1. The van der Waals surface area contributed by atoms with Gasteiger partial charge in [0, 0.05) is 26.2 Å². The Hall–Kier alpha value is -1.85. The van der Waals surface area contributed by atoms with E-state index >= 15 is 0 Å². The lowest BCUT2D eigenvalue weighted by atomic mass is 9.84. The molecule has 8 nitrogen and oxygen atoms in total. The van der Waals surface area contributed by atoms with Gasteiger partial charge in [-0.3, -0.25) is 4.79 Å². The number of morpholine rings is 1. The van der Waals surface area contributed by atoms with Gasteiger partial charge in [0.1, 0.15) is 11.6 Å². The molecular weight excluding hydrogens is 430 g/mol. The molecule has 0 aromatic rings. The maximum atomic E-state index is 13.5. The van der Waals surface area contributed by atoms with Crippen LogP contribution in [-0.4, -0.2) is 79.3 Å². The van der Waals surface area contributed by atoms with Crippen molar-refractivity contribution in [3.8, 4) is 6.07 Å². The van der Waals surface area contributed by atoms with Crippen molar-refractivity contribution in [1.82, 2.24) is 20.4 Å². The third kappa shape index (κ3) is 8.13. The molecule has 8 heteroatoms. The number of ether oxygens (including phenoxy) is 1. The van der Waals surface area contributed by atoms with Crippen LogP contribution in [0.5, 0.6) is 0 Å². The second-order valence-electron chi connectivity index (χ2n) is 10.4. The van der Waals surface area contributed by atoms with Crippen molar-refractivity contribution >= 4 is 11.9 Å². The Morgan fingerprint density at radius 1 is 1.06 bits per heavy atom. The molecule has 34 heavy (non-hydrogen) atoms. The molecule has 3 fully saturated rings. The maximum Gasteiger partial charge on any atom is 0.318 e. The number of nitrogens with one attached hydrogen (secondary N) is 2. The lowest BCUT2D eigenvalue weighted by molar-refractivity contribution is -0.125. The number of carbonyl (C=O) groups is 2. The molecule has 1 saturated carbocycles. The van der Waals surface area contributed by atoms with E-state index in [9.17, 15) is 14.9 Å². The van der Waals surface area contributed by atoms with Gasteiger partial charge in [-0.25, -0.2) is 4.79 Å². The summed E-state index contributed by atoms with van der Waals surface area (Å²) in [6.07, 6.45) is 12.7. The van der Waals surface area contributed by atoms with E-state index in [0.29, 0.717) is 51.5 Å². The highest BCUT2D eigenvalue weighted by Crippen LogP contribution is 2.28. The molecule has 3 aliphatic rings. The third-order valence-corrected chi connectivity index (χ3v) is 7.82. The van der Waals surface area contributed by atoms with Crippen molar-refractivity contribution in [2.75, 3.05) is 45.9 Å². The molecule has 2 heterocycles. The Balaban J connectivity index is 1.57. The van der Waals surface area contributed by atoms with E-state index in [4.69, 9.17) is 4.74 Å². The summed E-state index contributed by atoms with van der Waals surface area (Å²) in [7, 11) is 0. The van der Waals surface area contributed by atoms with Crippen molar-refractivity contribution in [2.45, 2.75) is 95.6 Å². The van der Waals surface area contributed by atoms with Crippen LogP contribution in [0.2, 0.25) is 0 Å². The van der Waals surface area contributed by atoms with Crippen LogP contribution in [0.25, 0.3) is 0 Å². The molecule has 3 rings (SSSR count). The SMILES string of the molecule is CCCCCCN1CCC(C#N)(NC(=O)C(CC2CCCCC2)NC(=O)N2CCOCC2)CC1. The maximum absolute atomic E-state index is 13.5. The molecule has 192 valence electrons. The highest BCUT2D eigenvalue weighted by atomic mass is 16.5. The number of carbonyl (C=O) groups excluding carboxylic acids is 2. The fourth-order valence-corrected chi connectivity index (χ4v) is 5.50. The average Bonchev–Trinajstić information content (AvgIpc) is 2.88. The largest absolute Gasteiger partial charge is 0.378 e. The summed E-state index contributed by atoms with van der Waals surface area (Å²) in [5, 5.41) is 16.1. The predicted octanol–water partition coefficient (Wildman–Crippen LogP) is 3.42. The van der Waals surface area contributed by atoms with Gasteiger partial charge in [-0.2, -0.15) is 5.26 Å². The summed E-state index contributed by atoms with van der Waals surface area (Å²) < 4.78 is 5.36. The number of rotatable bonds is 10. The van der Waals surface area contributed by atoms with Crippen LogP contribution in [0.1, 0.15) is 84.0 Å². The Morgan fingerprint density at radius 3 is 2.41 bits per heavy atom. The average molecular weight is 476 g/mol. The first-order chi connectivity index (χ1) is 16.5. The zero-order chi connectivity index (χ0) is 24.2. The lowest BCUT2D eigenvalue weighted by Gasteiger charge is -2.39. The number of urea groups is 1. The minimum atomic E-state index is -0.842. The molecule has 1 aliphatic carbocycles. The van der Waals surface area contributed by atoms with Crippen LogP contribution in [-0.2, 0) is 9.53 Å². The molecule has 0 aromatic heterocycles. The number of piperidine rings is 1. The van der Waals surface area contributed by atoms with E-state index < -0.39 is 11.6 Å². The molecular formula is C26H45N5O3. The first-order valence-corrected chi connectivity index (χ1v) is 13.6. The van der Waals surface area contributed by atoms with Crippen molar-refractivity contribution in [3.63, 3.8) is 0 Å². The lowest BCUT2D eigenvalue weighted by Crippen LogP contribution is -2.60. The van der Waals surface area contributed by atoms with Gasteiger partial charge < -0.3 is 25.2 Å². The van der Waals surface area contributed by atoms with E-state index in [-0.39, 0.29) is 11.9 Å². The fraction of sp³-hybridized carbons (Fsp3) is 0.885. The van der Waals surface area contributed by atoms with Crippen LogP contribution < -0.4 is 10.6 Å². The monoisotopic (exact) mass is 475 g/mol. The Labute approximate surface area is 205 Å². The molecule has 2 saturated heterocycles. The van der Waals surface area contributed by atoms with E-state index in [2.05, 4.69) is 28.5 Å². The molecule has 1 unspecified atom stereocenters. The van der Waals surface area contributed by atoms with Gasteiger partial charge in [0.15, 0.2) is 0 Å². The first-order valence-electron chi connectivity index (χ1n) is 13.6. The van der Waals surface area contributed by atoms with Gasteiger partial charge in [-0.1, -0.05) is 58.3 Å². The summed E-state index contributed by atoms with van der Waals surface area (Å²) in [6, 6.07) is 1.62. The Kier molecular flexibility index (Phi) is 10.9. The third-order valence-electron chi connectivity index (χ3n) is 7.82. The van der Waals surface area contributed by atoms with Crippen molar-refractivity contribution < 1.29 is 14.3 Å².